The average molecular weight is 249 g/mol. The third-order valence-electron chi connectivity index (χ3n) is 3.22. The highest BCUT2D eigenvalue weighted by Gasteiger charge is 2.14. The van der Waals surface area contributed by atoms with Crippen LogP contribution in [0, 0.1) is 13.8 Å². The summed E-state index contributed by atoms with van der Waals surface area (Å²) in [5, 5.41) is 16.7. The number of hydrogen-bond donors (Lipinski definition) is 2. The van der Waals surface area contributed by atoms with E-state index in [0.29, 0.717) is 12.2 Å². The molecular weight excluding hydrogens is 230 g/mol. The molecule has 0 aliphatic carbocycles. The largest absolute Gasteiger partial charge is 0.396 e. The molecule has 6 nitrogen and oxygen atoms in total. The number of aliphatic hydroxyl groups excluding tert-OH is 1. The van der Waals surface area contributed by atoms with Gasteiger partial charge in [-0.1, -0.05) is 6.92 Å². The molecule has 0 aliphatic heterocycles. The van der Waals surface area contributed by atoms with Crippen molar-refractivity contribution < 1.29 is 5.11 Å². The minimum Gasteiger partial charge on any atom is -0.396 e. The third-order valence-corrected chi connectivity index (χ3v) is 3.22. The number of nitrogens with one attached hydrogen (secondary N) is 1. The Morgan fingerprint density at radius 2 is 2.22 bits per heavy atom. The Morgan fingerprint density at radius 3 is 2.89 bits per heavy atom. The molecule has 0 spiro atoms. The van der Waals surface area contributed by atoms with Crippen LogP contribution in [0.1, 0.15) is 31.0 Å². The van der Waals surface area contributed by atoms with Gasteiger partial charge in [-0.2, -0.15) is 14.6 Å². The second-order valence-electron chi connectivity index (χ2n) is 4.40. The van der Waals surface area contributed by atoms with E-state index in [4.69, 9.17) is 5.11 Å². The average Bonchev–Trinajstić information content (AvgIpc) is 2.81. The number of aromatic nitrogens is 4. The number of hydrogen-bond acceptors (Lipinski definition) is 5. The standard InChI is InChI=1S/C12H19N5O/c1-4-10(5-6-18)16-11-8(2)9(3)15-12-13-7-14-17(11)12/h7,10,16,18H,4-6H2,1-3H3. The van der Waals surface area contributed by atoms with E-state index in [2.05, 4.69) is 27.3 Å². The van der Waals surface area contributed by atoms with Crippen molar-refractivity contribution in [2.75, 3.05) is 11.9 Å². The SMILES string of the molecule is CCC(CCO)Nc1c(C)c(C)nc2ncnn12. The van der Waals surface area contributed by atoms with Gasteiger partial charge in [0, 0.05) is 23.9 Å². The molecule has 0 bridgehead atoms. The lowest BCUT2D eigenvalue weighted by Gasteiger charge is -2.19. The normalized spacial score (nSPS) is 12.9. The molecular formula is C12H19N5O. The summed E-state index contributed by atoms with van der Waals surface area (Å²) in [6.07, 6.45) is 3.16. The molecule has 0 saturated heterocycles. The van der Waals surface area contributed by atoms with Gasteiger partial charge in [0.1, 0.15) is 12.1 Å². The molecule has 0 saturated carbocycles. The van der Waals surface area contributed by atoms with Crippen molar-refractivity contribution in [2.45, 2.75) is 39.7 Å². The minimum atomic E-state index is 0.176. The molecule has 98 valence electrons. The predicted molar refractivity (Wildman–Crippen MR) is 69.7 cm³/mol. The van der Waals surface area contributed by atoms with E-state index < -0.39 is 0 Å². The van der Waals surface area contributed by atoms with Gasteiger partial charge in [-0.05, 0) is 26.7 Å². The molecule has 18 heavy (non-hydrogen) atoms. The summed E-state index contributed by atoms with van der Waals surface area (Å²) >= 11 is 0. The summed E-state index contributed by atoms with van der Waals surface area (Å²) in [5.74, 6) is 1.51. The molecule has 2 N–H and O–H groups in total. The summed E-state index contributed by atoms with van der Waals surface area (Å²) in [5.41, 5.74) is 2.00. The monoisotopic (exact) mass is 249 g/mol. The van der Waals surface area contributed by atoms with Crippen molar-refractivity contribution in [3.63, 3.8) is 0 Å². The van der Waals surface area contributed by atoms with Gasteiger partial charge in [0.25, 0.3) is 5.78 Å². The lowest BCUT2D eigenvalue weighted by molar-refractivity contribution is 0.278. The molecule has 0 radical (unpaired) electrons. The van der Waals surface area contributed by atoms with E-state index in [0.717, 1.165) is 23.5 Å². The number of aliphatic hydroxyl groups is 1. The maximum Gasteiger partial charge on any atom is 0.254 e. The third kappa shape index (κ3) is 2.28. The maximum absolute atomic E-state index is 9.06. The summed E-state index contributed by atoms with van der Waals surface area (Å²) in [4.78, 5) is 8.49. The van der Waals surface area contributed by atoms with E-state index in [1.807, 2.05) is 13.8 Å². The molecule has 2 rings (SSSR count). The fourth-order valence-electron chi connectivity index (χ4n) is 1.93. The Kier molecular flexibility index (Phi) is 3.76. The lowest BCUT2D eigenvalue weighted by Crippen LogP contribution is -2.23. The van der Waals surface area contributed by atoms with Crippen molar-refractivity contribution in [1.82, 2.24) is 19.6 Å². The van der Waals surface area contributed by atoms with Crippen molar-refractivity contribution in [1.29, 1.82) is 0 Å². The van der Waals surface area contributed by atoms with Crippen LogP contribution < -0.4 is 5.32 Å². The molecule has 0 amide bonds. The maximum atomic E-state index is 9.06. The summed E-state index contributed by atoms with van der Waals surface area (Å²) < 4.78 is 1.71. The molecule has 0 aliphatic rings. The number of fused-ring (bicyclic) bond motifs is 1. The first-order valence-corrected chi connectivity index (χ1v) is 6.21. The van der Waals surface area contributed by atoms with E-state index in [1.54, 1.807) is 4.52 Å². The molecule has 0 fully saturated rings. The number of nitrogens with zero attached hydrogens (tertiary/aromatic N) is 4. The predicted octanol–water partition coefficient (Wildman–Crippen LogP) is 1.31. The Labute approximate surface area is 106 Å². The highest BCUT2D eigenvalue weighted by atomic mass is 16.3. The first-order chi connectivity index (χ1) is 8.67. The number of rotatable bonds is 5. The zero-order valence-corrected chi connectivity index (χ0v) is 11.0. The van der Waals surface area contributed by atoms with Gasteiger partial charge in [-0.15, -0.1) is 0 Å². The van der Waals surface area contributed by atoms with Crippen LogP contribution in [0.4, 0.5) is 5.82 Å². The summed E-state index contributed by atoms with van der Waals surface area (Å²) in [6, 6.07) is 0.225. The van der Waals surface area contributed by atoms with Gasteiger partial charge in [-0.3, -0.25) is 0 Å². The Balaban J connectivity index is 2.41. The van der Waals surface area contributed by atoms with E-state index >= 15 is 0 Å². The molecule has 1 atom stereocenters. The fraction of sp³-hybridized carbons (Fsp3) is 0.583. The van der Waals surface area contributed by atoms with Crippen LogP contribution in [0.2, 0.25) is 0 Å². The first kappa shape index (κ1) is 12.8. The summed E-state index contributed by atoms with van der Waals surface area (Å²) in [6.45, 7) is 6.24. The van der Waals surface area contributed by atoms with E-state index in [1.165, 1.54) is 6.33 Å². The lowest BCUT2D eigenvalue weighted by atomic mass is 10.1. The highest BCUT2D eigenvalue weighted by Crippen LogP contribution is 2.19. The van der Waals surface area contributed by atoms with Crippen molar-refractivity contribution >= 4 is 11.6 Å². The van der Waals surface area contributed by atoms with Crippen molar-refractivity contribution in [3.05, 3.63) is 17.6 Å². The topological polar surface area (TPSA) is 75.3 Å². The van der Waals surface area contributed by atoms with Crippen LogP contribution in [-0.2, 0) is 0 Å². The van der Waals surface area contributed by atoms with Crippen molar-refractivity contribution in [3.8, 4) is 0 Å². The zero-order valence-electron chi connectivity index (χ0n) is 11.0. The zero-order chi connectivity index (χ0) is 13.1. The molecule has 2 heterocycles. The quantitative estimate of drug-likeness (QED) is 0.835. The van der Waals surface area contributed by atoms with Crippen LogP contribution in [-0.4, -0.2) is 37.3 Å². The fourth-order valence-corrected chi connectivity index (χ4v) is 1.93. The number of aryl methyl sites for hydroxylation is 1. The van der Waals surface area contributed by atoms with Crippen LogP contribution in [0.3, 0.4) is 0 Å². The van der Waals surface area contributed by atoms with Gasteiger partial charge >= 0.3 is 0 Å². The summed E-state index contributed by atoms with van der Waals surface area (Å²) in [7, 11) is 0. The smallest absolute Gasteiger partial charge is 0.254 e. The van der Waals surface area contributed by atoms with E-state index in [9.17, 15) is 0 Å². The van der Waals surface area contributed by atoms with Crippen LogP contribution in [0.25, 0.3) is 5.78 Å². The van der Waals surface area contributed by atoms with Gasteiger partial charge in [0.05, 0.1) is 0 Å². The van der Waals surface area contributed by atoms with Gasteiger partial charge in [0.2, 0.25) is 0 Å². The highest BCUT2D eigenvalue weighted by molar-refractivity contribution is 5.52. The van der Waals surface area contributed by atoms with Gasteiger partial charge < -0.3 is 10.4 Å². The molecule has 1 unspecified atom stereocenters. The van der Waals surface area contributed by atoms with Gasteiger partial charge in [-0.25, -0.2) is 4.98 Å². The molecule has 0 aromatic carbocycles. The van der Waals surface area contributed by atoms with Crippen LogP contribution >= 0.6 is 0 Å². The van der Waals surface area contributed by atoms with E-state index in [-0.39, 0.29) is 12.6 Å². The second-order valence-corrected chi connectivity index (χ2v) is 4.40. The van der Waals surface area contributed by atoms with Crippen LogP contribution in [0.15, 0.2) is 6.33 Å². The Hall–Kier alpha value is -1.69. The minimum absolute atomic E-state index is 0.176. The first-order valence-electron chi connectivity index (χ1n) is 6.21. The van der Waals surface area contributed by atoms with Gasteiger partial charge in [0.15, 0.2) is 0 Å². The van der Waals surface area contributed by atoms with Crippen molar-refractivity contribution in [2.24, 2.45) is 0 Å². The molecule has 6 heteroatoms. The second kappa shape index (κ2) is 5.30. The Morgan fingerprint density at radius 1 is 1.44 bits per heavy atom. The molecule has 2 aromatic rings. The number of anilines is 1. The Bertz CT molecular complexity index is 536. The molecule has 2 aromatic heterocycles. The van der Waals surface area contributed by atoms with Crippen LogP contribution in [0.5, 0.6) is 0 Å².